The van der Waals surface area contributed by atoms with Crippen molar-refractivity contribution in [2.75, 3.05) is 16.4 Å². The topological polar surface area (TPSA) is 102 Å². The Kier molecular flexibility index (Phi) is 6.66. The molecule has 0 radical (unpaired) electrons. The summed E-state index contributed by atoms with van der Waals surface area (Å²) >= 11 is 1.26. The first kappa shape index (κ1) is 21.4. The molecule has 0 unspecified atom stereocenters. The Morgan fingerprint density at radius 2 is 1.94 bits per heavy atom. The quantitative estimate of drug-likeness (QED) is 0.392. The van der Waals surface area contributed by atoms with E-state index in [2.05, 4.69) is 20.8 Å². The van der Waals surface area contributed by atoms with E-state index < -0.39 is 0 Å². The lowest BCUT2D eigenvalue weighted by Gasteiger charge is -2.12. The molecule has 0 aliphatic carbocycles. The lowest BCUT2D eigenvalue weighted by molar-refractivity contribution is -0.113. The fourth-order valence-electron chi connectivity index (χ4n) is 3.06. The van der Waals surface area contributed by atoms with Gasteiger partial charge in [-0.05, 0) is 48.9 Å². The van der Waals surface area contributed by atoms with Gasteiger partial charge < -0.3 is 19.6 Å². The van der Waals surface area contributed by atoms with Crippen LogP contribution < -0.4 is 10.6 Å². The number of nitrogens with zero attached hydrogens (tertiary/aromatic N) is 3. The third kappa shape index (κ3) is 5.44. The van der Waals surface area contributed by atoms with Gasteiger partial charge in [0.25, 0.3) is 5.91 Å². The van der Waals surface area contributed by atoms with Gasteiger partial charge in [0.05, 0.1) is 29.8 Å². The van der Waals surface area contributed by atoms with E-state index in [0.717, 1.165) is 11.3 Å². The van der Waals surface area contributed by atoms with Gasteiger partial charge in [-0.1, -0.05) is 36.0 Å². The van der Waals surface area contributed by atoms with Crippen LogP contribution in [0.25, 0.3) is 0 Å². The maximum Gasteiger partial charge on any atom is 0.257 e. The molecule has 2 aromatic carbocycles. The highest BCUT2D eigenvalue weighted by Gasteiger charge is 2.15. The molecule has 4 rings (SSSR count). The van der Waals surface area contributed by atoms with Crippen molar-refractivity contribution in [2.45, 2.75) is 18.6 Å². The minimum absolute atomic E-state index is 0.116. The molecule has 2 heterocycles. The van der Waals surface area contributed by atoms with Crippen LogP contribution in [-0.2, 0) is 11.3 Å². The van der Waals surface area contributed by atoms with Crippen LogP contribution in [0, 0.1) is 6.92 Å². The van der Waals surface area contributed by atoms with Gasteiger partial charge in [0.2, 0.25) is 5.91 Å². The Morgan fingerprint density at radius 3 is 2.75 bits per heavy atom. The van der Waals surface area contributed by atoms with Gasteiger partial charge in [-0.25, -0.2) is 0 Å². The van der Waals surface area contributed by atoms with Crippen LogP contribution >= 0.6 is 11.8 Å². The average molecular weight is 448 g/mol. The Balaban J connectivity index is 1.38. The molecule has 0 saturated heterocycles. The van der Waals surface area contributed by atoms with Gasteiger partial charge in [0.15, 0.2) is 5.16 Å². The number of anilines is 2. The van der Waals surface area contributed by atoms with E-state index in [1.54, 1.807) is 41.4 Å². The van der Waals surface area contributed by atoms with Crippen molar-refractivity contribution in [1.82, 2.24) is 14.8 Å². The highest BCUT2D eigenvalue weighted by molar-refractivity contribution is 7.99. The normalized spacial score (nSPS) is 10.7. The summed E-state index contributed by atoms with van der Waals surface area (Å²) < 4.78 is 7.15. The summed E-state index contributed by atoms with van der Waals surface area (Å²) in [4.78, 5) is 25.3. The molecule has 2 amide bonds. The van der Waals surface area contributed by atoms with Crippen molar-refractivity contribution < 1.29 is 14.0 Å². The lowest BCUT2D eigenvalue weighted by Crippen LogP contribution is -2.19. The Labute approximate surface area is 189 Å². The summed E-state index contributed by atoms with van der Waals surface area (Å²) in [6.45, 7) is 2.43. The smallest absolute Gasteiger partial charge is 0.257 e. The third-order valence-electron chi connectivity index (χ3n) is 4.54. The minimum atomic E-state index is -0.294. The molecule has 0 fully saturated rings. The molecule has 9 heteroatoms. The van der Waals surface area contributed by atoms with Crippen molar-refractivity contribution >= 4 is 35.0 Å². The minimum Gasteiger partial charge on any atom is -0.467 e. The summed E-state index contributed by atoms with van der Waals surface area (Å²) in [6.07, 6.45) is 3.19. The van der Waals surface area contributed by atoms with Crippen LogP contribution in [0.4, 0.5) is 11.4 Å². The van der Waals surface area contributed by atoms with Crippen LogP contribution in [0.2, 0.25) is 0 Å². The zero-order valence-electron chi connectivity index (χ0n) is 17.3. The maximum absolute atomic E-state index is 12.8. The Hall–Kier alpha value is -3.85. The molecule has 0 atom stereocenters. The molecule has 2 aromatic heterocycles. The Bertz CT molecular complexity index is 1220. The van der Waals surface area contributed by atoms with Crippen LogP contribution in [0.5, 0.6) is 0 Å². The largest absolute Gasteiger partial charge is 0.467 e. The monoisotopic (exact) mass is 447 g/mol. The van der Waals surface area contributed by atoms with E-state index in [9.17, 15) is 9.59 Å². The zero-order chi connectivity index (χ0) is 22.3. The number of aromatic nitrogens is 3. The van der Waals surface area contributed by atoms with E-state index in [0.29, 0.717) is 28.6 Å². The highest BCUT2D eigenvalue weighted by Crippen LogP contribution is 2.20. The molecule has 32 heavy (non-hydrogen) atoms. The van der Waals surface area contributed by atoms with Gasteiger partial charge in [0, 0.05) is 5.69 Å². The highest BCUT2D eigenvalue weighted by atomic mass is 32.2. The predicted octanol–water partition coefficient (Wildman–Crippen LogP) is 4.21. The van der Waals surface area contributed by atoms with Gasteiger partial charge in [-0.2, -0.15) is 0 Å². The number of furan rings is 1. The van der Waals surface area contributed by atoms with E-state index >= 15 is 0 Å². The van der Waals surface area contributed by atoms with E-state index in [1.807, 2.05) is 43.3 Å². The number of nitrogens with one attached hydrogen (secondary N) is 2. The van der Waals surface area contributed by atoms with Crippen molar-refractivity contribution in [3.8, 4) is 0 Å². The van der Waals surface area contributed by atoms with Crippen molar-refractivity contribution in [2.24, 2.45) is 0 Å². The van der Waals surface area contributed by atoms with Gasteiger partial charge in [-0.3, -0.25) is 9.59 Å². The van der Waals surface area contributed by atoms with E-state index in [4.69, 9.17) is 4.42 Å². The standard InChI is InChI=1S/C23H21N5O3S/c1-16-6-4-7-17(12-16)25-22(30)19-9-2-3-10-20(19)26-21(29)14-32-23-27-24-15-28(23)13-18-8-5-11-31-18/h2-12,15H,13-14H2,1H3,(H,25,30)(H,26,29). The predicted molar refractivity (Wildman–Crippen MR) is 123 cm³/mol. The maximum atomic E-state index is 12.8. The number of rotatable bonds is 8. The lowest BCUT2D eigenvalue weighted by atomic mass is 10.1. The first-order valence-corrected chi connectivity index (χ1v) is 10.9. The van der Waals surface area contributed by atoms with Crippen LogP contribution in [0.1, 0.15) is 21.7 Å². The molecular formula is C23H21N5O3S. The number of thioether (sulfide) groups is 1. The van der Waals surface area contributed by atoms with E-state index in [1.165, 1.54) is 11.8 Å². The van der Waals surface area contributed by atoms with Crippen LogP contribution in [0.15, 0.2) is 82.8 Å². The van der Waals surface area contributed by atoms with Gasteiger partial charge >= 0.3 is 0 Å². The SMILES string of the molecule is Cc1cccc(NC(=O)c2ccccc2NC(=O)CSc2nncn2Cc2ccco2)c1. The second-order valence-corrected chi connectivity index (χ2v) is 7.97. The first-order chi connectivity index (χ1) is 15.6. The first-order valence-electron chi connectivity index (χ1n) is 9.88. The molecule has 8 nitrogen and oxygen atoms in total. The molecule has 0 aliphatic heterocycles. The number of carbonyl (C=O) groups excluding carboxylic acids is 2. The molecule has 2 N–H and O–H groups in total. The zero-order valence-corrected chi connectivity index (χ0v) is 18.1. The number of benzene rings is 2. The number of hydrogen-bond donors (Lipinski definition) is 2. The summed E-state index contributed by atoms with van der Waals surface area (Å²) in [5, 5.41) is 14.3. The Morgan fingerprint density at radius 1 is 1.06 bits per heavy atom. The molecule has 0 aliphatic rings. The van der Waals surface area contributed by atoms with Crippen molar-refractivity contribution in [3.63, 3.8) is 0 Å². The van der Waals surface area contributed by atoms with Crippen molar-refractivity contribution in [1.29, 1.82) is 0 Å². The summed E-state index contributed by atoms with van der Waals surface area (Å²) in [6, 6.07) is 18.1. The van der Waals surface area contributed by atoms with Crippen molar-refractivity contribution in [3.05, 3.63) is 90.1 Å². The second-order valence-electron chi connectivity index (χ2n) is 7.03. The molecule has 162 valence electrons. The van der Waals surface area contributed by atoms with Gasteiger partial charge in [-0.15, -0.1) is 10.2 Å². The summed E-state index contributed by atoms with van der Waals surface area (Å²) in [5.74, 6) is 0.338. The molecule has 0 saturated carbocycles. The van der Waals surface area contributed by atoms with E-state index in [-0.39, 0.29) is 17.6 Å². The average Bonchev–Trinajstić information content (AvgIpc) is 3.45. The fraction of sp³-hybridized carbons (Fsp3) is 0.130. The van der Waals surface area contributed by atoms with Crippen LogP contribution in [0.3, 0.4) is 0 Å². The summed E-state index contributed by atoms with van der Waals surface area (Å²) in [7, 11) is 0. The molecule has 0 spiro atoms. The molecule has 0 bridgehead atoms. The molecule has 4 aromatic rings. The number of aryl methyl sites for hydroxylation is 1. The number of amides is 2. The number of hydrogen-bond acceptors (Lipinski definition) is 6. The second kappa shape index (κ2) is 9.97. The molecular weight excluding hydrogens is 426 g/mol. The number of carbonyl (C=O) groups is 2. The fourth-order valence-corrected chi connectivity index (χ4v) is 3.78. The van der Waals surface area contributed by atoms with Crippen LogP contribution in [-0.4, -0.2) is 32.3 Å². The van der Waals surface area contributed by atoms with Gasteiger partial charge in [0.1, 0.15) is 12.1 Å². The third-order valence-corrected chi connectivity index (χ3v) is 5.52. The summed E-state index contributed by atoms with van der Waals surface area (Å²) in [5.41, 5.74) is 2.57. The number of para-hydroxylation sites is 1.